The zero-order valence-electron chi connectivity index (χ0n) is 10.2. The van der Waals surface area contributed by atoms with Crippen LogP contribution < -0.4 is 9.47 Å². The number of hydrogen-bond donors (Lipinski definition) is 0. The first-order chi connectivity index (χ1) is 7.08. The van der Waals surface area contributed by atoms with E-state index in [1.165, 1.54) is 5.56 Å². The van der Waals surface area contributed by atoms with Crippen LogP contribution in [0, 0.1) is 5.92 Å². The van der Waals surface area contributed by atoms with E-state index in [1.807, 2.05) is 6.07 Å². The average molecular weight is 208 g/mol. The van der Waals surface area contributed by atoms with Crippen molar-refractivity contribution < 1.29 is 9.47 Å². The summed E-state index contributed by atoms with van der Waals surface area (Å²) < 4.78 is 10.5. The number of rotatable bonds is 4. The molecule has 0 fully saturated rings. The fourth-order valence-electron chi connectivity index (χ4n) is 1.48. The zero-order chi connectivity index (χ0) is 11.4. The Hall–Kier alpha value is -1.18. The van der Waals surface area contributed by atoms with Crippen LogP contribution in [0.25, 0.3) is 0 Å². The fourth-order valence-corrected chi connectivity index (χ4v) is 1.48. The molecule has 0 aliphatic heterocycles. The van der Waals surface area contributed by atoms with Crippen LogP contribution in [0.3, 0.4) is 0 Å². The van der Waals surface area contributed by atoms with Crippen molar-refractivity contribution in [3.05, 3.63) is 23.8 Å². The van der Waals surface area contributed by atoms with Gasteiger partial charge in [0.25, 0.3) is 0 Å². The van der Waals surface area contributed by atoms with Gasteiger partial charge in [0.2, 0.25) is 0 Å². The molecule has 0 spiro atoms. The number of hydrogen-bond acceptors (Lipinski definition) is 2. The SMILES string of the molecule is COc1cc(OC)cc(C(C)C(C)C)c1. The van der Waals surface area contributed by atoms with Crippen molar-refractivity contribution in [2.75, 3.05) is 14.2 Å². The molecule has 0 aliphatic rings. The fraction of sp³-hybridized carbons (Fsp3) is 0.538. The van der Waals surface area contributed by atoms with Crippen LogP contribution in [0.1, 0.15) is 32.3 Å². The van der Waals surface area contributed by atoms with E-state index < -0.39 is 0 Å². The molecule has 0 heterocycles. The molecule has 1 unspecified atom stereocenters. The Labute approximate surface area is 92.2 Å². The number of benzene rings is 1. The third-order valence-electron chi connectivity index (χ3n) is 2.90. The molecule has 0 aliphatic carbocycles. The van der Waals surface area contributed by atoms with Gasteiger partial charge in [-0.3, -0.25) is 0 Å². The van der Waals surface area contributed by atoms with E-state index in [0.29, 0.717) is 11.8 Å². The Morgan fingerprint density at radius 3 is 1.67 bits per heavy atom. The summed E-state index contributed by atoms with van der Waals surface area (Å²) in [6.07, 6.45) is 0. The summed E-state index contributed by atoms with van der Waals surface area (Å²) in [4.78, 5) is 0. The molecule has 1 aromatic rings. The molecule has 1 atom stereocenters. The lowest BCUT2D eigenvalue weighted by Gasteiger charge is -2.17. The lowest BCUT2D eigenvalue weighted by Crippen LogP contribution is -2.02. The van der Waals surface area contributed by atoms with Crippen molar-refractivity contribution in [1.29, 1.82) is 0 Å². The first-order valence-electron chi connectivity index (χ1n) is 5.31. The molecule has 2 heteroatoms. The van der Waals surface area contributed by atoms with Crippen LogP contribution in [-0.4, -0.2) is 14.2 Å². The standard InChI is InChI=1S/C13H20O2/c1-9(2)10(3)11-6-12(14-4)8-13(7-11)15-5/h6-10H,1-5H3. The summed E-state index contributed by atoms with van der Waals surface area (Å²) in [5.41, 5.74) is 1.27. The van der Waals surface area contributed by atoms with Crippen LogP contribution >= 0.6 is 0 Å². The number of ether oxygens (including phenoxy) is 2. The second kappa shape index (κ2) is 5.06. The van der Waals surface area contributed by atoms with Crippen LogP contribution in [0.15, 0.2) is 18.2 Å². The summed E-state index contributed by atoms with van der Waals surface area (Å²) in [6, 6.07) is 6.05. The van der Waals surface area contributed by atoms with Crippen molar-refractivity contribution in [3.8, 4) is 11.5 Å². The van der Waals surface area contributed by atoms with Crippen molar-refractivity contribution in [2.24, 2.45) is 5.92 Å². The van der Waals surface area contributed by atoms with Crippen molar-refractivity contribution in [1.82, 2.24) is 0 Å². The average Bonchev–Trinajstić information content (AvgIpc) is 2.27. The minimum Gasteiger partial charge on any atom is -0.497 e. The Kier molecular flexibility index (Phi) is 4.01. The lowest BCUT2D eigenvalue weighted by atomic mass is 9.90. The van der Waals surface area contributed by atoms with Gasteiger partial charge in [0, 0.05) is 6.07 Å². The Morgan fingerprint density at radius 2 is 1.33 bits per heavy atom. The highest BCUT2D eigenvalue weighted by molar-refractivity contribution is 5.39. The topological polar surface area (TPSA) is 18.5 Å². The Balaban J connectivity index is 3.06. The molecular weight excluding hydrogens is 188 g/mol. The maximum absolute atomic E-state index is 5.25. The summed E-state index contributed by atoms with van der Waals surface area (Å²) in [7, 11) is 3.36. The zero-order valence-corrected chi connectivity index (χ0v) is 10.2. The van der Waals surface area contributed by atoms with Crippen LogP contribution in [0.2, 0.25) is 0 Å². The monoisotopic (exact) mass is 208 g/mol. The third-order valence-corrected chi connectivity index (χ3v) is 2.90. The van der Waals surface area contributed by atoms with Gasteiger partial charge in [0.15, 0.2) is 0 Å². The van der Waals surface area contributed by atoms with Gasteiger partial charge in [-0.25, -0.2) is 0 Å². The third kappa shape index (κ3) is 2.88. The quantitative estimate of drug-likeness (QED) is 0.754. The highest BCUT2D eigenvalue weighted by atomic mass is 16.5. The highest BCUT2D eigenvalue weighted by Gasteiger charge is 2.12. The molecule has 0 N–H and O–H groups in total. The van der Waals surface area contributed by atoms with Gasteiger partial charge in [0.05, 0.1) is 14.2 Å². The van der Waals surface area contributed by atoms with E-state index in [2.05, 4.69) is 32.9 Å². The van der Waals surface area contributed by atoms with E-state index in [9.17, 15) is 0 Å². The molecule has 2 nitrogen and oxygen atoms in total. The highest BCUT2D eigenvalue weighted by Crippen LogP contribution is 2.30. The van der Waals surface area contributed by atoms with Crippen LogP contribution in [0.4, 0.5) is 0 Å². The van der Waals surface area contributed by atoms with Crippen molar-refractivity contribution in [2.45, 2.75) is 26.7 Å². The van der Waals surface area contributed by atoms with Gasteiger partial charge in [0.1, 0.15) is 11.5 Å². The molecular formula is C13H20O2. The molecule has 0 saturated carbocycles. The predicted molar refractivity (Wildman–Crippen MR) is 62.8 cm³/mol. The van der Waals surface area contributed by atoms with Gasteiger partial charge in [-0.1, -0.05) is 20.8 Å². The van der Waals surface area contributed by atoms with Crippen LogP contribution in [0.5, 0.6) is 11.5 Å². The molecule has 0 bridgehead atoms. The molecule has 1 aromatic carbocycles. The van der Waals surface area contributed by atoms with Crippen LogP contribution in [-0.2, 0) is 0 Å². The van der Waals surface area contributed by atoms with Crippen molar-refractivity contribution >= 4 is 0 Å². The van der Waals surface area contributed by atoms with E-state index in [-0.39, 0.29) is 0 Å². The van der Waals surface area contributed by atoms with Gasteiger partial charge in [-0.05, 0) is 29.5 Å². The van der Waals surface area contributed by atoms with Crippen molar-refractivity contribution in [3.63, 3.8) is 0 Å². The Morgan fingerprint density at radius 1 is 0.867 bits per heavy atom. The summed E-state index contributed by atoms with van der Waals surface area (Å²) in [6.45, 7) is 6.66. The lowest BCUT2D eigenvalue weighted by molar-refractivity contribution is 0.391. The van der Waals surface area contributed by atoms with Gasteiger partial charge < -0.3 is 9.47 Å². The van der Waals surface area contributed by atoms with E-state index in [0.717, 1.165) is 11.5 Å². The molecule has 0 amide bonds. The smallest absolute Gasteiger partial charge is 0.122 e. The first kappa shape index (κ1) is 11.9. The maximum atomic E-state index is 5.25. The normalized spacial score (nSPS) is 12.7. The first-order valence-corrected chi connectivity index (χ1v) is 5.31. The molecule has 0 saturated heterocycles. The molecule has 0 radical (unpaired) electrons. The number of methoxy groups -OCH3 is 2. The second-order valence-electron chi connectivity index (χ2n) is 4.18. The molecule has 15 heavy (non-hydrogen) atoms. The summed E-state index contributed by atoms with van der Waals surface area (Å²) in [5.74, 6) is 2.84. The summed E-state index contributed by atoms with van der Waals surface area (Å²) in [5, 5.41) is 0. The molecule has 0 aromatic heterocycles. The van der Waals surface area contributed by atoms with Gasteiger partial charge >= 0.3 is 0 Å². The molecule has 84 valence electrons. The van der Waals surface area contributed by atoms with Gasteiger partial charge in [-0.2, -0.15) is 0 Å². The van der Waals surface area contributed by atoms with Gasteiger partial charge in [-0.15, -0.1) is 0 Å². The second-order valence-corrected chi connectivity index (χ2v) is 4.18. The van der Waals surface area contributed by atoms with E-state index in [4.69, 9.17) is 9.47 Å². The predicted octanol–water partition coefficient (Wildman–Crippen LogP) is 3.46. The minimum atomic E-state index is 0.508. The Bertz CT molecular complexity index is 296. The molecule has 1 rings (SSSR count). The summed E-state index contributed by atoms with van der Waals surface area (Å²) >= 11 is 0. The largest absolute Gasteiger partial charge is 0.497 e. The maximum Gasteiger partial charge on any atom is 0.122 e. The minimum absolute atomic E-state index is 0.508. The van der Waals surface area contributed by atoms with E-state index in [1.54, 1.807) is 14.2 Å². The van der Waals surface area contributed by atoms with E-state index >= 15 is 0 Å².